The van der Waals surface area contributed by atoms with Crippen LogP contribution >= 0.6 is 23.2 Å². The maximum Gasteiger partial charge on any atom is 0.256 e. The van der Waals surface area contributed by atoms with Crippen molar-refractivity contribution in [1.29, 1.82) is 0 Å². The van der Waals surface area contributed by atoms with Crippen LogP contribution < -0.4 is 10.6 Å². The van der Waals surface area contributed by atoms with Crippen molar-refractivity contribution in [2.75, 3.05) is 6.54 Å². The number of halogens is 2. The SMILES string of the molecule is CC(C)CN=C1NC(=O)C(C)(c2ccc(Cl)c(Cl)c2)N1. The molecule has 1 aromatic rings. The minimum atomic E-state index is -0.885. The minimum absolute atomic E-state index is 0.154. The Bertz CT molecular complexity index is 572. The summed E-state index contributed by atoms with van der Waals surface area (Å²) in [5, 5.41) is 6.77. The summed E-state index contributed by atoms with van der Waals surface area (Å²) in [5.74, 6) is 0.772. The lowest BCUT2D eigenvalue weighted by Gasteiger charge is -2.22. The highest BCUT2D eigenvalue weighted by Crippen LogP contribution is 2.30. The Labute approximate surface area is 128 Å². The summed E-state index contributed by atoms with van der Waals surface area (Å²) in [6.07, 6.45) is 0. The van der Waals surface area contributed by atoms with Gasteiger partial charge in [-0.25, -0.2) is 0 Å². The molecule has 0 bridgehead atoms. The van der Waals surface area contributed by atoms with Gasteiger partial charge in [-0.1, -0.05) is 43.1 Å². The molecule has 1 fully saturated rings. The Morgan fingerprint density at radius 2 is 2.00 bits per heavy atom. The van der Waals surface area contributed by atoms with E-state index in [1.807, 2.05) is 0 Å². The fourth-order valence-corrected chi connectivity index (χ4v) is 2.22. The molecule has 2 rings (SSSR count). The van der Waals surface area contributed by atoms with Crippen molar-refractivity contribution in [2.45, 2.75) is 26.3 Å². The Balaban J connectivity index is 2.28. The van der Waals surface area contributed by atoms with Crippen molar-refractivity contribution in [3.8, 4) is 0 Å². The quantitative estimate of drug-likeness (QED) is 0.901. The zero-order valence-electron chi connectivity index (χ0n) is 11.6. The molecule has 0 aliphatic carbocycles. The third kappa shape index (κ3) is 2.91. The highest BCUT2D eigenvalue weighted by Gasteiger charge is 2.42. The van der Waals surface area contributed by atoms with Gasteiger partial charge in [0.2, 0.25) is 0 Å². The van der Waals surface area contributed by atoms with E-state index in [-0.39, 0.29) is 5.91 Å². The van der Waals surface area contributed by atoms with E-state index in [0.717, 1.165) is 5.56 Å². The van der Waals surface area contributed by atoms with Crippen molar-refractivity contribution in [1.82, 2.24) is 10.6 Å². The summed E-state index contributed by atoms with van der Waals surface area (Å²) in [4.78, 5) is 16.6. The van der Waals surface area contributed by atoms with Gasteiger partial charge in [-0.15, -0.1) is 0 Å². The van der Waals surface area contributed by atoms with Crippen LogP contribution in [0.4, 0.5) is 0 Å². The van der Waals surface area contributed by atoms with Crippen molar-refractivity contribution in [3.05, 3.63) is 33.8 Å². The monoisotopic (exact) mass is 313 g/mol. The van der Waals surface area contributed by atoms with Gasteiger partial charge in [0.1, 0.15) is 5.54 Å². The van der Waals surface area contributed by atoms with Gasteiger partial charge in [0.25, 0.3) is 5.91 Å². The molecule has 20 heavy (non-hydrogen) atoms. The minimum Gasteiger partial charge on any atom is -0.338 e. The number of rotatable bonds is 3. The average molecular weight is 314 g/mol. The van der Waals surface area contributed by atoms with Crippen LogP contribution in [0.3, 0.4) is 0 Å². The molecule has 1 aromatic carbocycles. The standard InChI is InChI=1S/C14H17Cl2N3O/c1-8(2)7-17-13-18-12(20)14(3,19-13)9-4-5-10(15)11(16)6-9/h4-6,8H,7H2,1-3H3,(H2,17,18,19,20). The number of aliphatic imine (C=N–C) groups is 1. The fourth-order valence-electron chi connectivity index (χ4n) is 1.92. The van der Waals surface area contributed by atoms with Gasteiger partial charge >= 0.3 is 0 Å². The number of nitrogens with one attached hydrogen (secondary N) is 2. The summed E-state index contributed by atoms with van der Waals surface area (Å²) < 4.78 is 0. The number of amides is 1. The molecular weight excluding hydrogens is 297 g/mol. The summed E-state index contributed by atoms with van der Waals surface area (Å²) in [6, 6.07) is 5.16. The lowest BCUT2D eigenvalue weighted by Crippen LogP contribution is -2.40. The molecule has 0 aromatic heterocycles. The second-order valence-corrected chi connectivity index (χ2v) is 6.23. The van der Waals surface area contributed by atoms with Crippen molar-refractivity contribution >= 4 is 35.1 Å². The topological polar surface area (TPSA) is 53.5 Å². The van der Waals surface area contributed by atoms with E-state index in [1.165, 1.54) is 0 Å². The van der Waals surface area contributed by atoms with Crippen LogP contribution in [0.1, 0.15) is 26.3 Å². The summed E-state index contributed by atoms with van der Waals surface area (Å²) >= 11 is 11.9. The first-order valence-electron chi connectivity index (χ1n) is 6.42. The number of benzene rings is 1. The van der Waals surface area contributed by atoms with Crippen molar-refractivity contribution in [3.63, 3.8) is 0 Å². The Hall–Kier alpha value is -1.26. The zero-order chi connectivity index (χ0) is 14.9. The normalized spacial score (nSPS) is 24.1. The third-order valence-corrected chi connectivity index (χ3v) is 3.90. The number of nitrogens with zero attached hydrogens (tertiary/aromatic N) is 1. The van der Waals surface area contributed by atoms with Crippen molar-refractivity contribution in [2.24, 2.45) is 10.9 Å². The van der Waals surface area contributed by atoms with Crippen molar-refractivity contribution < 1.29 is 4.79 Å². The van der Waals surface area contributed by atoms with Crippen LogP contribution in [0.25, 0.3) is 0 Å². The van der Waals surface area contributed by atoms with E-state index < -0.39 is 5.54 Å². The van der Waals surface area contributed by atoms with Crippen LogP contribution in [-0.2, 0) is 10.3 Å². The summed E-state index contributed by atoms with van der Waals surface area (Å²) in [6.45, 7) is 6.58. The van der Waals surface area contributed by atoms with Gasteiger partial charge in [0.15, 0.2) is 5.96 Å². The molecule has 1 heterocycles. The van der Waals surface area contributed by atoms with Crippen LogP contribution in [0.5, 0.6) is 0 Å². The van der Waals surface area contributed by atoms with E-state index in [0.29, 0.717) is 28.5 Å². The lowest BCUT2D eigenvalue weighted by atomic mass is 9.92. The van der Waals surface area contributed by atoms with Gasteiger partial charge in [-0.3, -0.25) is 15.1 Å². The van der Waals surface area contributed by atoms with E-state index in [2.05, 4.69) is 29.5 Å². The highest BCUT2D eigenvalue weighted by atomic mass is 35.5. The van der Waals surface area contributed by atoms with Crippen LogP contribution in [0.15, 0.2) is 23.2 Å². The smallest absolute Gasteiger partial charge is 0.256 e. The number of carbonyl (C=O) groups is 1. The lowest BCUT2D eigenvalue weighted by molar-refractivity contribution is -0.123. The maximum atomic E-state index is 12.2. The highest BCUT2D eigenvalue weighted by molar-refractivity contribution is 6.42. The van der Waals surface area contributed by atoms with Gasteiger partial charge in [0.05, 0.1) is 10.0 Å². The van der Waals surface area contributed by atoms with E-state index in [1.54, 1.807) is 25.1 Å². The third-order valence-electron chi connectivity index (χ3n) is 3.17. The zero-order valence-corrected chi connectivity index (χ0v) is 13.1. The van der Waals surface area contributed by atoms with E-state index >= 15 is 0 Å². The molecule has 0 spiro atoms. The molecule has 1 unspecified atom stereocenters. The molecular formula is C14H17Cl2N3O. The molecule has 4 nitrogen and oxygen atoms in total. The first-order chi connectivity index (χ1) is 9.33. The van der Waals surface area contributed by atoms with Crippen LogP contribution in [-0.4, -0.2) is 18.4 Å². The molecule has 108 valence electrons. The summed E-state index contributed by atoms with van der Waals surface area (Å²) in [5.41, 5.74) is -0.136. The fraction of sp³-hybridized carbons (Fsp3) is 0.429. The van der Waals surface area contributed by atoms with Gasteiger partial charge in [-0.05, 0) is 30.5 Å². The second kappa shape index (κ2) is 5.62. The van der Waals surface area contributed by atoms with Crippen LogP contribution in [0, 0.1) is 5.92 Å². The molecule has 1 amide bonds. The van der Waals surface area contributed by atoms with Gasteiger partial charge in [-0.2, -0.15) is 0 Å². The predicted molar refractivity (Wildman–Crippen MR) is 82.2 cm³/mol. The van der Waals surface area contributed by atoms with Gasteiger partial charge < -0.3 is 5.32 Å². The molecule has 0 saturated carbocycles. The largest absolute Gasteiger partial charge is 0.338 e. The van der Waals surface area contributed by atoms with E-state index in [9.17, 15) is 4.79 Å². The average Bonchev–Trinajstić information content (AvgIpc) is 2.67. The molecule has 1 aliphatic heterocycles. The van der Waals surface area contributed by atoms with Gasteiger partial charge in [0, 0.05) is 6.54 Å². The molecule has 6 heteroatoms. The number of hydrogen-bond donors (Lipinski definition) is 2. The Morgan fingerprint density at radius 1 is 1.30 bits per heavy atom. The Morgan fingerprint density at radius 3 is 2.60 bits per heavy atom. The summed E-state index contributed by atoms with van der Waals surface area (Å²) in [7, 11) is 0. The molecule has 0 radical (unpaired) electrons. The van der Waals surface area contributed by atoms with Crippen LogP contribution in [0.2, 0.25) is 10.0 Å². The Kier molecular flexibility index (Phi) is 4.25. The second-order valence-electron chi connectivity index (χ2n) is 5.42. The number of guanidine groups is 1. The maximum absolute atomic E-state index is 12.2. The predicted octanol–water partition coefficient (Wildman–Crippen LogP) is 2.94. The molecule has 1 saturated heterocycles. The number of hydrogen-bond acceptors (Lipinski definition) is 2. The molecule has 1 aliphatic rings. The first kappa shape index (κ1) is 15.1. The van der Waals surface area contributed by atoms with E-state index in [4.69, 9.17) is 23.2 Å². The molecule has 2 N–H and O–H groups in total. The molecule has 1 atom stereocenters. The first-order valence-corrected chi connectivity index (χ1v) is 7.18. The number of carbonyl (C=O) groups excluding carboxylic acids is 1.